The van der Waals surface area contributed by atoms with Gasteiger partial charge in [-0.15, -0.1) is 10.2 Å². The molecule has 0 amide bonds. The molecule has 7 rings (SSSR count). The van der Waals surface area contributed by atoms with Gasteiger partial charge in [-0.3, -0.25) is 4.57 Å². The molecule has 3 aromatic heterocycles. The summed E-state index contributed by atoms with van der Waals surface area (Å²) in [6.07, 6.45) is 1.81. The Morgan fingerprint density at radius 1 is 0.897 bits per heavy atom. The van der Waals surface area contributed by atoms with E-state index in [1.54, 1.807) is 6.07 Å². The zero-order chi connectivity index (χ0) is 26.3. The molecular formula is C30H20ClN5O2S. The van der Waals surface area contributed by atoms with Gasteiger partial charge < -0.3 is 8.98 Å². The molecule has 0 aliphatic rings. The number of hydrogen-bond acceptors (Lipinski definition) is 6. The van der Waals surface area contributed by atoms with Crippen LogP contribution in [0.4, 0.5) is 0 Å². The number of thioether (sulfide) groups is 1. The lowest BCUT2D eigenvalue weighted by molar-refractivity contribution is 0.560. The van der Waals surface area contributed by atoms with Crippen molar-refractivity contribution in [3.8, 4) is 5.69 Å². The maximum atomic E-state index is 12.4. The molecule has 0 saturated heterocycles. The number of hydrogen-bond donors (Lipinski definition) is 0. The van der Waals surface area contributed by atoms with E-state index in [1.165, 1.54) is 11.8 Å². The molecule has 0 saturated carbocycles. The predicted octanol–water partition coefficient (Wildman–Crippen LogP) is 6.87. The Kier molecular flexibility index (Phi) is 5.91. The average molecular weight is 550 g/mol. The topological polar surface area (TPSA) is 78.7 Å². The molecule has 0 atom stereocenters. The van der Waals surface area contributed by atoms with Crippen LogP contribution in [-0.2, 0) is 12.3 Å². The van der Waals surface area contributed by atoms with Crippen molar-refractivity contribution >= 4 is 56.1 Å². The van der Waals surface area contributed by atoms with Crippen LogP contribution in [0.3, 0.4) is 0 Å². The number of benzene rings is 4. The van der Waals surface area contributed by atoms with Gasteiger partial charge in [0.25, 0.3) is 0 Å². The molecule has 0 N–H and O–H groups in total. The first-order valence-electron chi connectivity index (χ1n) is 12.3. The fraction of sp³-hybridized carbons (Fsp3) is 0.0667. The van der Waals surface area contributed by atoms with Crippen LogP contribution in [0, 0.1) is 0 Å². The van der Waals surface area contributed by atoms with Gasteiger partial charge in [0, 0.05) is 17.2 Å². The molecule has 9 heteroatoms. The van der Waals surface area contributed by atoms with Gasteiger partial charge in [-0.1, -0.05) is 78.0 Å². The Bertz CT molecular complexity index is 2060. The SMILES string of the molecule is O=c1cc(CSc2nnc(Cn3cnc4ccccc43)n2-c2ccccc2Cl)c2c(ccc3ccccc32)o1. The fourth-order valence-corrected chi connectivity index (χ4v) is 6.10. The third kappa shape index (κ3) is 4.27. The highest BCUT2D eigenvalue weighted by Gasteiger charge is 2.19. The molecule has 3 heterocycles. The minimum atomic E-state index is -0.381. The number of imidazole rings is 1. The normalized spacial score (nSPS) is 11.6. The number of para-hydroxylation sites is 3. The van der Waals surface area contributed by atoms with E-state index in [0.29, 0.717) is 28.1 Å². The third-order valence-corrected chi connectivity index (χ3v) is 8.00. The van der Waals surface area contributed by atoms with E-state index in [-0.39, 0.29) is 5.63 Å². The smallest absolute Gasteiger partial charge is 0.336 e. The highest BCUT2D eigenvalue weighted by Crippen LogP contribution is 2.33. The number of rotatable bonds is 6. The first-order chi connectivity index (χ1) is 19.2. The molecule has 4 aromatic carbocycles. The number of fused-ring (bicyclic) bond motifs is 4. The van der Waals surface area contributed by atoms with Crippen molar-refractivity contribution in [3.63, 3.8) is 0 Å². The summed E-state index contributed by atoms with van der Waals surface area (Å²) in [6.45, 7) is 0.460. The molecule has 190 valence electrons. The standard InChI is InChI=1S/C30H20ClN5O2S/c31-22-9-3-5-11-24(22)36-27(16-35-18-32-23-10-4-6-12-25(23)35)33-34-30(36)39-17-20-15-28(37)38-26-14-13-19-7-1-2-8-21(19)29(20)26/h1-15,18H,16-17H2. The van der Waals surface area contributed by atoms with E-state index in [9.17, 15) is 4.79 Å². The molecule has 0 radical (unpaired) electrons. The van der Waals surface area contributed by atoms with E-state index < -0.39 is 0 Å². The Morgan fingerprint density at radius 2 is 1.72 bits per heavy atom. The second-order valence-corrected chi connectivity index (χ2v) is 10.4. The lowest BCUT2D eigenvalue weighted by Gasteiger charge is -2.13. The van der Waals surface area contributed by atoms with Gasteiger partial charge in [0.1, 0.15) is 5.58 Å². The van der Waals surface area contributed by atoms with E-state index in [2.05, 4.69) is 21.2 Å². The van der Waals surface area contributed by atoms with Crippen LogP contribution in [0.15, 0.2) is 112 Å². The van der Waals surface area contributed by atoms with Crippen LogP contribution >= 0.6 is 23.4 Å². The molecule has 0 spiro atoms. The first-order valence-corrected chi connectivity index (χ1v) is 13.7. The summed E-state index contributed by atoms with van der Waals surface area (Å²) >= 11 is 8.16. The molecular weight excluding hydrogens is 530 g/mol. The van der Waals surface area contributed by atoms with Crippen molar-refractivity contribution in [1.82, 2.24) is 24.3 Å². The van der Waals surface area contributed by atoms with Crippen LogP contribution in [0.1, 0.15) is 11.4 Å². The van der Waals surface area contributed by atoms with E-state index in [0.717, 1.165) is 44.3 Å². The minimum Gasteiger partial charge on any atom is -0.423 e. The van der Waals surface area contributed by atoms with Gasteiger partial charge in [0.15, 0.2) is 11.0 Å². The van der Waals surface area contributed by atoms with Crippen LogP contribution in [0.25, 0.3) is 38.5 Å². The number of aromatic nitrogens is 5. The highest BCUT2D eigenvalue weighted by atomic mass is 35.5. The Labute approximate surface area is 231 Å². The van der Waals surface area contributed by atoms with Crippen molar-refractivity contribution in [2.75, 3.05) is 0 Å². The summed E-state index contributed by atoms with van der Waals surface area (Å²) < 4.78 is 9.57. The quantitative estimate of drug-likeness (QED) is 0.128. The van der Waals surface area contributed by atoms with Crippen molar-refractivity contribution < 1.29 is 4.42 Å². The van der Waals surface area contributed by atoms with Crippen LogP contribution < -0.4 is 5.63 Å². The van der Waals surface area contributed by atoms with Crippen LogP contribution in [0.5, 0.6) is 0 Å². The highest BCUT2D eigenvalue weighted by molar-refractivity contribution is 7.98. The van der Waals surface area contributed by atoms with Crippen molar-refractivity contribution in [2.45, 2.75) is 17.5 Å². The van der Waals surface area contributed by atoms with Crippen LogP contribution in [0.2, 0.25) is 5.02 Å². The lowest BCUT2D eigenvalue weighted by atomic mass is 10.0. The van der Waals surface area contributed by atoms with Crippen LogP contribution in [-0.4, -0.2) is 24.3 Å². The second-order valence-electron chi connectivity index (χ2n) is 9.09. The summed E-state index contributed by atoms with van der Waals surface area (Å²) in [7, 11) is 0. The monoisotopic (exact) mass is 549 g/mol. The molecule has 0 aliphatic heterocycles. The lowest BCUT2D eigenvalue weighted by Crippen LogP contribution is -2.08. The molecule has 0 aliphatic carbocycles. The molecule has 7 aromatic rings. The zero-order valence-corrected chi connectivity index (χ0v) is 22.1. The van der Waals surface area contributed by atoms with E-state index >= 15 is 0 Å². The Morgan fingerprint density at radius 3 is 2.64 bits per heavy atom. The van der Waals surface area contributed by atoms with Gasteiger partial charge in [-0.2, -0.15) is 0 Å². The fourth-order valence-electron chi connectivity index (χ4n) is 4.94. The summed E-state index contributed by atoms with van der Waals surface area (Å²) in [5, 5.41) is 13.4. The average Bonchev–Trinajstić information content (AvgIpc) is 3.56. The summed E-state index contributed by atoms with van der Waals surface area (Å²) in [6, 6.07) is 29.1. The summed E-state index contributed by atoms with van der Waals surface area (Å²) in [4.78, 5) is 17.0. The van der Waals surface area contributed by atoms with Gasteiger partial charge >= 0.3 is 5.63 Å². The van der Waals surface area contributed by atoms with Crippen molar-refractivity contribution in [2.24, 2.45) is 0 Å². The van der Waals surface area contributed by atoms with E-state index in [1.807, 2.05) is 94.3 Å². The predicted molar refractivity (Wildman–Crippen MR) is 155 cm³/mol. The van der Waals surface area contributed by atoms with Crippen molar-refractivity contribution in [1.29, 1.82) is 0 Å². The van der Waals surface area contributed by atoms with Gasteiger partial charge in [-0.05, 0) is 46.7 Å². The van der Waals surface area contributed by atoms with Gasteiger partial charge in [-0.25, -0.2) is 9.78 Å². The zero-order valence-electron chi connectivity index (χ0n) is 20.5. The second kappa shape index (κ2) is 9.72. The Hall–Kier alpha value is -4.40. The van der Waals surface area contributed by atoms with Crippen molar-refractivity contribution in [3.05, 3.63) is 124 Å². The number of halogens is 1. The molecule has 0 unspecified atom stereocenters. The summed E-state index contributed by atoms with van der Waals surface area (Å²) in [5.74, 6) is 1.21. The molecule has 7 nitrogen and oxygen atoms in total. The molecule has 0 fully saturated rings. The first kappa shape index (κ1) is 23.7. The minimum absolute atomic E-state index is 0.381. The van der Waals surface area contributed by atoms with E-state index in [4.69, 9.17) is 16.0 Å². The van der Waals surface area contributed by atoms with Gasteiger partial charge in [0.05, 0.1) is 34.6 Å². The largest absolute Gasteiger partial charge is 0.423 e. The maximum absolute atomic E-state index is 12.4. The maximum Gasteiger partial charge on any atom is 0.336 e. The van der Waals surface area contributed by atoms with Gasteiger partial charge in [0.2, 0.25) is 0 Å². The molecule has 0 bridgehead atoms. The molecule has 39 heavy (non-hydrogen) atoms. The third-order valence-electron chi connectivity index (χ3n) is 6.70. The number of nitrogens with zero attached hydrogens (tertiary/aromatic N) is 5. The summed E-state index contributed by atoms with van der Waals surface area (Å²) in [5.41, 5.74) is 3.77. The Balaban J connectivity index is 1.32.